The van der Waals surface area contributed by atoms with E-state index in [1.54, 1.807) is 24.3 Å². The molecule has 4 nitrogen and oxygen atoms in total. The molecule has 0 aromatic heterocycles. The van der Waals surface area contributed by atoms with Crippen molar-refractivity contribution < 1.29 is 14.3 Å². The van der Waals surface area contributed by atoms with Crippen LogP contribution >= 0.6 is 0 Å². The van der Waals surface area contributed by atoms with Crippen LogP contribution in [0.25, 0.3) is 0 Å². The molecule has 0 bridgehead atoms. The molecule has 2 aromatic carbocycles. The fourth-order valence-electron chi connectivity index (χ4n) is 2.00. The molecule has 0 unspecified atom stereocenters. The fourth-order valence-corrected chi connectivity index (χ4v) is 2.00. The number of nitrogens with one attached hydrogen (secondary N) is 1. The highest BCUT2D eigenvalue weighted by atomic mass is 16.5. The molecule has 2 rings (SSSR count). The van der Waals surface area contributed by atoms with E-state index >= 15 is 0 Å². The van der Waals surface area contributed by atoms with E-state index in [9.17, 15) is 4.79 Å². The van der Waals surface area contributed by atoms with Crippen molar-refractivity contribution in [1.29, 1.82) is 0 Å². The van der Waals surface area contributed by atoms with Crippen LogP contribution in [-0.4, -0.2) is 19.1 Å². The monoisotopic (exact) mass is 325 g/mol. The van der Waals surface area contributed by atoms with Crippen molar-refractivity contribution in [2.75, 3.05) is 18.5 Å². The van der Waals surface area contributed by atoms with Crippen LogP contribution in [0.5, 0.6) is 11.5 Å². The lowest BCUT2D eigenvalue weighted by Gasteiger charge is -2.09. The molecule has 1 amide bonds. The number of hydrogen-bond acceptors (Lipinski definition) is 3. The Bertz CT molecular complexity index is 692. The van der Waals surface area contributed by atoms with E-state index in [-0.39, 0.29) is 5.91 Å². The topological polar surface area (TPSA) is 47.6 Å². The maximum Gasteiger partial charge on any atom is 0.255 e. The zero-order chi connectivity index (χ0) is 17.4. The van der Waals surface area contributed by atoms with Gasteiger partial charge in [0, 0.05) is 17.3 Å². The number of ether oxygens (including phenoxy) is 2. The summed E-state index contributed by atoms with van der Waals surface area (Å²) in [7, 11) is 0. The maximum atomic E-state index is 12.3. The third kappa shape index (κ3) is 5.47. The molecule has 0 aliphatic heterocycles. The molecule has 0 heterocycles. The van der Waals surface area contributed by atoms with Gasteiger partial charge in [-0.1, -0.05) is 19.6 Å². The van der Waals surface area contributed by atoms with E-state index in [0.29, 0.717) is 30.2 Å². The third-order valence-corrected chi connectivity index (χ3v) is 3.17. The predicted octanol–water partition coefficient (Wildman–Crippen LogP) is 4.68. The summed E-state index contributed by atoms with van der Waals surface area (Å²) < 4.78 is 11.1. The highest BCUT2D eigenvalue weighted by Crippen LogP contribution is 2.19. The molecule has 24 heavy (non-hydrogen) atoms. The van der Waals surface area contributed by atoms with Gasteiger partial charge in [-0.25, -0.2) is 0 Å². The summed E-state index contributed by atoms with van der Waals surface area (Å²) in [5, 5.41) is 2.87. The van der Waals surface area contributed by atoms with Gasteiger partial charge in [0.05, 0.1) is 6.61 Å². The molecule has 0 fully saturated rings. The predicted molar refractivity (Wildman–Crippen MR) is 96.9 cm³/mol. The van der Waals surface area contributed by atoms with Crippen LogP contribution in [0.15, 0.2) is 60.7 Å². The van der Waals surface area contributed by atoms with Crippen molar-refractivity contribution in [2.45, 2.75) is 20.3 Å². The highest BCUT2D eigenvalue weighted by Gasteiger charge is 2.07. The summed E-state index contributed by atoms with van der Waals surface area (Å²) in [6.07, 6.45) is 0.941. The van der Waals surface area contributed by atoms with E-state index in [0.717, 1.165) is 17.7 Å². The maximum absolute atomic E-state index is 12.3. The van der Waals surface area contributed by atoms with Crippen molar-refractivity contribution in [2.24, 2.45) is 0 Å². The molecule has 0 aliphatic rings. The van der Waals surface area contributed by atoms with Crippen LogP contribution < -0.4 is 14.8 Å². The van der Waals surface area contributed by atoms with Gasteiger partial charge in [-0.15, -0.1) is 0 Å². The molecule has 0 atom stereocenters. The highest BCUT2D eigenvalue weighted by molar-refractivity contribution is 6.04. The van der Waals surface area contributed by atoms with E-state index in [2.05, 4.69) is 18.8 Å². The summed E-state index contributed by atoms with van der Waals surface area (Å²) in [5.74, 6) is 1.29. The molecule has 0 saturated carbocycles. The van der Waals surface area contributed by atoms with E-state index < -0.39 is 0 Å². The van der Waals surface area contributed by atoms with Gasteiger partial charge in [-0.2, -0.15) is 0 Å². The molecule has 0 aliphatic carbocycles. The van der Waals surface area contributed by atoms with E-state index in [1.165, 1.54) is 0 Å². The standard InChI is InChI=1S/C20H23NO3/c1-4-12-23-19-7-5-6-17(13-19)21-20(22)16-8-10-18(11-9-16)24-14-15(2)3/h5-11,13H,2,4,12,14H2,1,3H3,(H,21,22). The third-order valence-electron chi connectivity index (χ3n) is 3.17. The lowest BCUT2D eigenvalue weighted by Crippen LogP contribution is -2.12. The van der Waals surface area contributed by atoms with Crippen LogP contribution in [0.1, 0.15) is 30.6 Å². The Morgan fingerprint density at radius 2 is 1.83 bits per heavy atom. The van der Waals surface area contributed by atoms with Crippen molar-refractivity contribution in [3.63, 3.8) is 0 Å². The number of benzene rings is 2. The average Bonchev–Trinajstić information content (AvgIpc) is 2.59. The molecule has 0 radical (unpaired) electrons. The van der Waals surface area contributed by atoms with Crippen molar-refractivity contribution in [3.8, 4) is 11.5 Å². The smallest absolute Gasteiger partial charge is 0.255 e. The summed E-state index contributed by atoms with van der Waals surface area (Å²) >= 11 is 0. The van der Waals surface area contributed by atoms with E-state index in [4.69, 9.17) is 9.47 Å². The molecule has 1 N–H and O–H groups in total. The number of amides is 1. The Morgan fingerprint density at radius 3 is 2.50 bits per heavy atom. The SMILES string of the molecule is C=C(C)COc1ccc(C(=O)Nc2cccc(OCCC)c2)cc1. The zero-order valence-electron chi connectivity index (χ0n) is 14.2. The van der Waals surface area contributed by atoms with Gasteiger partial charge in [0.2, 0.25) is 0 Å². The molecular weight excluding hydrogens is 302 g/mol. The summed E-state index contributed by atoms with van der Waals surface area (Å²) in [5.41, 5.74) is 2.22. The first-order chi connectivity index (χ1) is 11.6. The lowest BCUT2D eigenvalue weighted by molar-refractivity contribution is 0.102. The Labute approximate surface area is 143 Å². The lowest BCUT2D eigenvalue weighted by atomic mass is 10.2. The second-order valence-corrected chi connectivity index (χ2v) is 5.60. The van der Waals surface area contributed by atoms with E-state index in [1.807, 2.05) is 31.2 Å². The van der Waals surface area contributed by atoms with Gasteiger partial charge in [0.15, 0.2) is 0 Å². The van der Waals surface area contributed by atoms with Gasteiger partial charge in [0.25, 0.3) is 5.91 Å². The van der Waals surface area contributed by atoms with Crippen molar-refractivity contribution >= 4 is 11.6 Å². The molecular formula is C20H23NO3. The Hall–Kier alpha value is -2.75. The van der Waals surface area contributed by atoms with Crippen LogP contribution in [0.2, 0.25) is 0 Å². The molecule has 0 spiro atoms. The van der Waals surface area contributed by atoms with Gasteiger partial charge >= 0.3 is 0 Å². The van der Waals surface area contributed by atoms with Crippen LogP contribution in [-0.2, 0) is 0 Å². The summed E-state index contributed by atoms with van der Waals surface area (Å²) in [6, 6.07) is 14.4. The minimum atomic E-state index is -0.172. The minimum Gasteiger partial charge on any atom is -0.494 e. The average molecular weight is 325 g/mol. The van der Waals surface area contributed by atoms with Crippen LogP contribution in [0, 0.1) is 0 Å². The second kappa shape index (κ2) is 8.77. The Morgan fingerprint density at radius 1 is 1.08 bits per heavy atom. The first-order valence-corrected chi connectivity index (χ1v) is 8.00. The van der Waals surface area contributed by atoms with Gasteiger partial charge < -0.3 is 14.8 Å². The van der Waals surface area contributed by atoms with Gasteiger partial charge in [-0.3, -0.25) is 4.79 Å². The quantitative estimate of drug-likeness (QED) is 0.717. The Kier molecular flexibility index (Phi) is 6.43. The zero-order valence-corrected chi connectivity index (χ0v) is 14.2. The number of rotatable bonds is 8. The number of anilines is 1. The number of carbonyl (C=O) groups is 1. The Balaban J connectivity index is 1.97. The molecule has 0 saturated heterocycles. The van der Waals surface area contributed by atoms with Crippen LogP contribution in [0.4, 0.5) is 5.69 Å². The van der Waals surface area contributed by atoms with Gasteiger partial charge in [0.1, 0.15) is 18.1 Å². The molecule has 2 aromatic rings. The first-order valence-electron chi connectivity index (χ1n) is 8.00. The van der Waals surface area contributed by atoms with Crippen molar-refractivity contribution in [1.82, 2.24) is 0 Å². The minimum absolute atomic E-state index is 0.172. The summed E-state index contributed by atoms with van der Waals surface area (Å²) in [4.78, 5) is 12.3. The second-order valence-electron chi connectivity index (χ2n) is 5.60. The molecule has 4 heteroatoms. The molecule has 126 valence electrons. The largest absolute Gasteiger partial charge is 0.494 e. The van der Waals surface area contributed by atoms with Crippen molar-refractivity contribution in [3.05, 3.63) is 66.2 Å². The normalized spacial score (nSPS) is 10.1. The number of hydrogen-bond donors (Lipinski definition) is 1. The summed E-state index contributed by atoms with van der Waals surface area (Å²) in [6.45, 7) is 8.87. The van der Waals surface area contributed by atoms with Gasteiger partial charge in [-0.05, 0) is 55.3 Å². The number of carbonyl (C=O) groups excluding carboxylic acids is 1. The van der Waals surface area contributed by atoms with Crippen LogP contribution in [0.3, 0.4) is 0 Å². The fraction of sp³-hybridized carbons (Fsp3) is 0.250. The first kappa shape index (κ1) is 17.6.